The highest BCUT2D eigenvalue weighted by atomic mass is 19.1. The summed E-state index contributed by atoms with van der Waals surface area (Å²) in [5, 5.41) is 0. The van der Waals surface area contributed by atoms with Crippen molar-refractivity contribution >= 4 is 11.3 Å². The summed E-state index contributed by atoms with van der Waals surface area (Å²) in [6.45, 7) is 3.93. The van der Waals surface area contributed by atoms with E-state index in [2.05, 4.69) is 18.0 Å². The minimum atomic E-state index is -0.319. The van der Waals surface area contributed by atoms with E-state index >= 15 is 0 Å². The highest BCUT2D eigenvalue weighted by Crippen LogP contribution is 2.27. The number of anilines is 1. The summed E-state index contributed by atoms with van der Waals surface area (Å²) in [7, 11) is 2.09. The zero-order chi connectivity index (χ0) is 11.7. The molecule has 0 atom stereocenters. The van der Waals surface area contributed by atoms with Crippen LogP contribution in [0, 0.1) is 12.7 Å². The fourth-order valence-corrected chi connectivity index (χ4v) is 2.07. The summed E-state index contributed by atoms with van der Waals surface area (Å²) >= 11 is 0. The van der Waals surface area contributed by atoms with Gasteiger partial charge >= 0.3 is 0 Å². The smallest absolute Gasteiger partial charge is 0.146 e. The van der Waals surface area contributed by atoms with Crippen LogP contribution in [0.3, 0.4) is 0 Å². The largest absolute Gasteiger partial charge is 0.396 e. The third-order valence-corrected chi connectivity index (χ3v) is 3.10. The topological polar surface area (TPSA) is 29.3 Å². The molecular formula is C13H17FN2. The maximum Gasteiger partial charge on any atom is 0.146 e. The Labute approximate surface area is 95.6 Å². The number of aryl methyl sites for hydroxylation is 1. The van der Waals surface area contributed by atoms with Gasteiger partial charge in [-0.25, -0.2) is 4.39 Å². The summed E-state index contributed by atoms with van der Waals surface area (Å²) in [5.74, 6) is -0.319. The fourth-order valence-electron chi connectivity index (χ4n) is 2.07. The van der Waals surface area contributed by atoms with Gasteiger partial charge in [0, 0.05) is 13.1 Å². The Morgan fingerprint density at radius 2 is 2.12 bits per heavy atom. The third kappa shape index (κ3) is 2.09. The summed E-state index contributed by atoms with van der Waals surface area (Å²) in [5.41, 5.74) is 9.05. The number of rotatable bonds is 1. The van der Waals surface area contributed by atoms with E-state index in [9.17, 15) is 4.39 Å². The van der Waals surface area contributed by atoms with Crippen molar-refractivity contribution in [1.29, 1.82) is 0 Å². The number of benzene rings is 1. The van der Waals surface area contributed by atoms with Crippen LogP contribution in [0.1, 0.15) is 17.5 Å². The standard InChI is InChI=1S/C13H17FN2/c1-9-7-13(15)12(14)8-11(9)10-3-5-16(2)6-4-10/h3,7-8H,4-6,15H2,1-2H3. The molecule has 16 heavy (non-hydrogen) atoms. The van der Waals surface area contributed by atoms with Gasteiger partial charge in [-0.3, -0.25) is 0 Å². The minimum Gasteiger partial charge on any atom is -0.396 e. The van der Waals surface area contributed by atoms with Crippen LogP contribution in [0.4, 0.5) is 10.1 Å². The van der Waals surface area contributed by atoms with Gasteiger partial charge in [-0.05, 0) is 49.2 Å². The number of nitrogen functional groups attached to an aromatic ring is 1. The second kappa shape index (κ2) is 4.26. The quantitative estimate of drug-likeness (QED) is 0.736. The molecule has 0 fully saturated rings. The number of likely N-dealkylation sites (N-methyl/N-ethyl adjacent to an activating group) is 1. The maximum absolute atomic E-state index is 13.4. The van der Waals surface area contributed by atoms with Crippen molar-refractivity contribution in [2.24, 2.45) is 0 Å². The average molecular weight is 220 g/mol. The van der Waals surface area contributed by atoms with E-state index in [1.165, 1.54) is 5.57 Å². The SMILES string of the molecule is Cc1cc(N)c(F)cc1C1=CCN(C)CC1. The highest BCUT2D eigenvalue weighted by Gasteiger charge is 2.13. The van der Waals surface area contributed by atoms with Crippen molar-refractivity contribution in [3.63, 3.8) is 0 Å². The molecule has 0 amide bonds. The predicted octanol–water partition coefficient (Wildman–Crippen LogP) is 2.44. The van der Waals surface area contributed by atoms with Gasteiger partial charge < -0.3 is 10.6 Å². The zero-order valence-corrected chi connectivity index (χ0v) is 9.76. The molecular weight excluding hydrogens is 203 g/mol. The predicted molar refractivity (Wildman–Crippen MR) is 65.6 cm³/mol. The van der Waals surface area contributed by atoms with Crippen LogP contribution in [0.5, 0.6) is 0 Å². The van der Waals surface area contributed by atoms with Gasteiger partial charge in [0.15, 0.2) is 0 Å². The molecule has 1 aliphatic heterocycles. The molecule has 2 nitrogen and oxygen atoms in total. The first-order valence-electron chi connectivity index (χ1n) is 5.51. The molecule has 0 spiro atoms. The molecule has 0 aliphatic carbocycles. The first-order chi connectivity index (χ1) is 7.58. The molecule has 0 radical (unpaired) electrons. The van der Waals surface area contributed by atoms with E-state index in [4.69, 9.17) is 5.73 Å². The monoisotopic (exact) mass is 220 g/mol. The Morgan fingerprint density at radius 3 is 2.75 bits per heavy atom. The van der Waals surface area contributed by atoms with E-state index in [-0.39, 0.29) is 11.5 Å². The van der Waals surface area contributed by atoms with Gasteiger partial charge in [0.25, 0.3) is 0 Å². The Morgan fingerprint density at radius 1 is 1.38 bits per heavy atom. The number of nitrogens with zero attached hydrogens (tertiary/aromatic N) is 1. The van der Waals surface area contributed by atoms with E-state index in [1.54, 1.807) is 12.1 Å². The van der Waals surface area contributed by atoms with Gasteiger partial charge in [-0.1, -0.05) is 6.08 Å². The van der Waals surface area contributed by atoms with Gasteiger partial charge in [0.1, 0.15) is 5.82 Å². The average Bonchev–Trinajstić information content (AvgIpc) is 2.25. The maximum atomic E-state index is 13.4. The van der Waals surface area contributed by atoms with Gasteiger partial charge in [0.2, 0.25) is 0 Å². The minimum absolute atomic E-state index is 0.231. The van der Waals surface area contributed by atoms with Gasteiger partial charge in [-0.15, -0.1) is 0 Å². The molecule has 3 heteroatoms. The van der Waals surface area contributed by atoms with Gasteiger partial charge in [-0.2, -0.15) is 0 Å². The summed E-state index contributed by atoms with van der Waals surface area (Å²) in [6.07, 6.45) is 3.14. The Bertz CT molecular complexity index is 438. The van der Waals surface area contributed by atoms with Crippen molar-refractivity contribution in [2.75, 3.05) is 25.9 Å². The van der Waals surface area contributed by atoms with Crippen molar-refractivity contribution in [3.05, 3.63) is 35.2 Å². The van der Waals surface area contributed by atoms with Crippen LogP contribution >= 0.6 is 0 Å². The van der Waals surface area contributed by atoms with Crippen molar-refractivity contribution < 1.29 is 4.39 Å². The molecule has 0 saturated heterocycles. The summed E-state index contributed by atoms with van der Waals surface area (Å²) < 4.78 is 13.4. The van der Waals surface area contributed by atoms with Crippen LogP contribution in [0.25, 0.3) is 5.57 Å². The number of hydrogen-bond acceptors (Lipinski definition) is 2. The van der Waals surface area contributed by atoms with E-state index in [0.717, 1.165) is 30.6 Å². The molecule has 0 unspecified atom stereocenters. The van der Waals surface area contributed by atoms with Crippen LogP contribution in [-0.2, 0) is 0 Å². The molecule has 0 aromatic heterocycles. The summed E-state index contributed by atoms with van der Waals surface area (Å²) in [6, 6.07) is 3.27. The Balaban J connectivity index is 2.37. The van der Waals surface area contributed by atoms with Gasteiger partial charge in [0.05, 0.1) is 5.69 Å². The normalized spacial score (nSPS) is 17.3. The van der Waals surface area contributed by atoms with Crippen LogP contribution < -0.4 is 5.73 Å². The van der Waals surface area contributed by atoms with Crippen LogP contribution in [-0.4, -0.2) is 25.0 Å². The molecule has 2 rings (SSSR count). The molecule has 0 bridgehead atoms. The van der Waals surface area contributed by atoms with Crippen LogP contribution in [0.2, 0.25) is 0 Å². The molecule has 0 saturated carbocycles. The second-order valence-corrected chi connectivity index (χ2v) is 4.43. The first-order valence-corrected chi connectivity index (χ1v) is 5.51. The van der Waals surface area contributed by atoms with E-state index in [0.29, 0.717) is 0 Å². The molecule has 1 aromatic rings. The second-order valence-electron chi connectivity index (χ2n) is 4.43. The number of halogens is 1. The van der Waals surface area contributed by atoms with Crippen molar-refractivity contribution in [3.8, 4) is 0 Å². The molecule has 1 aromatic carbocycles. The molecule has 1 aliphatic rings. The lowest BCUT2D eigenvalue weighted by Gasteiger charge is -2.23. The lowest BCUT2D eigenvalue weighted by molar-refractivity contribution is 0.370. The lowest BCUT2D eigenvalue weighted by atomic mass is 9.95. The van der Waals surface area contributed by atoms with E-state index in [1.807, 2.05) is 6.92 Å². The zero-order valence-electron chi connectivity index (χ0n) is 9.76. The molecule has 2 N–H and O–H groups in total. The lowest BCUT2D eigenvalue weighted by Crippen LogP contribution is -2.23. The van der Waals surface area contributed by atoms with Crippen LogP contribution in [0.15, 0.2) is 18.2 Å². The summed E-state index contributed by atoms with van der Waals surface area (Å²) in [4.78, 5) is 2.24. The molecule has 86 valence electrons. The molecule has 1 heterocycles. The Kier molecular flexibility index (Phi) is 2.97. The Hall–Kier alpha value is -1.35. The first kappa shape index (κ1) is 11.1. The highest BCUT2D eigenvalue weighted by molar-refractivity contribution is 5.71. The van der Waals surface area contributed by atoms with Crippen molar-refractivity contribution in [1.82, 2.24) is 4.90 Å². The fraction of sp³-hybridized carbons (Fsp3) is 0.385. The van der Waals surface area contributed by atoms with E-state index < -0.39 is 0 Å². The third-order valence-electron chi connectivity index (χ3n) is 3.10. The number of hydrogen-bond donors (Lipinski definition) is 1. The number of nitrogens with two attached hydrogens (primary N) is 1. The van der Waals surface area contributed by atoms with Crippen molar-refractivity contribution in [2.45, 2.75) is 13.3 Å².